The standard InChI is InChI=1S/C33H67NO2/c1-3-5-7-9-11-13-15-17-19-21-23-25-27-29-33(31-34,32(35)36)30-28-26-24-22-20-18-16-14-12-10-8-6-4-2/h3-31,34H2,1-2H3,(H,35,36). The lowest BCUT2D eigenvalue weighted by atomic mass is 9.78. The summed E-state index contributed by atoms with van der Waals surface area (Å²) in [5.41, 5.74) is 5.34. The van der Waals surface area contributed by atoms with Crippen molar-refractivity contribution in [3.8, 4) is 0 Å². The molecule has 216 valence electrons. The average molecular weight is 510 g/mol. The van der Waals surface area contributed by atoms with Gasteiger partial charge in [-0.15, -0.1) is 0 Å². The molecule has 0 bridgehead atoms. The maximum atomic E-state index is 12.1. The fourth-order valence-electron chi connectivity index (χ4n) is 5.59. The van der Waals surface area contributed by atoms with Crippen molar-refractivity contribution in [2.45, 2.75) is 194 Å². The number of hydrogen-bond donors (Lipinski definition) is 2. The molecule has 0 heterocycles. The predicted molar refractivity (Wildman–Crippen MR) is 160 cm³/mol. The zero-order chi connectivity index (χ0) is 26.6. The van der Waals surface area contributed by atoms with Gasteiger partial charge in [0.25, 0.3) is 0 Å². The molecule has 36 heavy (non-hydrogen) atoms. The first kappa shape index (κ1) is 35.4. The zero-order valence-corrected chi connectivity index (χ0v) is 24.9. The molecule has 0 unspecified atom stereocenters. The van der Waals surface area contributed by atoms with E-state index < -0.39 is 11.4 Å². The lowest BCUT2D eigenvalue weighted by Gasteiger charge is -2.28. The smallest absolute Gasteiger partial charge is 0.310 e. The Labute approximate surface area is 227 Å². The van der Waals surface area contributed by atoms with E-state index in [-0.39, 0.29) is 0 Å². The second kappa shape index (κ2) is 27.5. The number of carbonyl (C=O) groups is 1. The molecule has 3 N–H and O–H groups in total. The highest BCUT2D eigenvalue weighted by Crippen LogP contribution is 2.31. The number of unbranched alkanes of at least 4 members (excludes halogenated alkanes) is 24. The van der Waals surface area contributed by atoms with Crippen LogP contribution in [0.5, 0.6) is 0 Å². The van der Waals surface area contributed by atoms with E-state index in [0.717, 1.165) is 38.5 Å². The van der Waals surface area contributed by atoms with Crippen molar-refractivity contribution >= 4 is 5.97 Å². The van der Waals surface area contributed by atoms with E-state index in [1.807, 2.05) is 0 Å². The van der Waals surface area contributed by atoms with Gasteiger partial charge in [0.1, 0.15) is 0 Å². The minimum Gasteiger partial charge on any atom is -0.481 e. The summed E-state index contributed by atoms with van der Waals surface area (Å²) in [7, 11) is 0. The second-order valence-electron chi connectivity index (χ2n) is 11.8. The van der Waals surface area contributed by atoms with Gasteiger partial charge in [-0.3, -0.25) is 4.79 Å². The quantitative estimate of drug-likeness (QED) is 0.0946. The molecule has 0 saturated heterocycles. The Balaban J connectivity index is 3.71. The van der Waals surface area contributed by atoms with Crippen LogP contribution in [-0.2, 0) is 4.79 Å². The largest absolute Gasteiger partial charge is 0.481 e. The van der Waals surface area contributed by atoms with E-state index in [1.165, 1.54) is 141 Å². The Hall–Kier alpha value is -0.570. The van der Waals surface area contributed by atoms with Gasteiger partial charge >= 0.3 is 5.97 Å². The first-order valence-electron chi connectivity index (χ1n) is 16.6. The van der Waals surface area contributed by atoms with E-state index in [9.17, 15) is 9.90 Å². The van der Waals surface area contributed by atoms with Gasteiger partial charge in [-0.1, -0.05) is 181 Å². The van der Waals surface area contributed by atoms with Gasteiger partial charge in [-0.25, -0.2) is 0 Å². The molecule has 0 aliphatic carbocycles. The fourth-order valence-corrected chi connectivity index (χ4v) is 5.59. The number of rotatable bonds is 30. The summed E-state index contributed by atoms with van der Waals surface area (Å²) in [6, 6.07) is 0. The van der Waals surface area contributed by atoms with Crippen molar-refractivity contribution in [3.63, 3.8) is 0 Å². The van der Waals surface area contributed by atoms with E-state index in [4.69, 9.17) is 5.73 Å². The molecule has 3 heteroatoms. The van der Waals surface area contributed by atoms with Crippen LogP contribution in [0, 0.1) is 5.41 Å². The number of aliphatic carboxylic acids is 1. The van der Waals surface area contributed by atoms with Crippen LogP contribution in [0.3, 0.4) is 0 Å². The summed E-state index contributed by atoms with van der Waals surface area (Å²) in [6.45, 7) is 4.84. The van der Waals surface area contributed by atoms with E-state index in [2.05, 4.69) is 13.8 Å². The van der Waals surface area contributed by atoms with Gasteiger partial charge in [-0.2, -0.15) is 0 Å². The Morgan fingerprint density at radius 2 is 0.694 bits per heavy atom. The van der Waals surface area contributed by atoms with Crippen molar-refractivity contribution in [3.05, 3.63) is 0 Å². The van der Waals surface area contributed by atoms with Gasteiger partial charge in [0.2, 0.25) is 0 Å². The van der Waals surface area contributed by atoms with Crippen LogP contribution in [0.4, 0.5) is 0 Å². The summed E-state index contributed by atoms with van der Waals surface area (Å²) in [5, 5.41) is 9.93. The van der Waals surface area contributed by atoms with Gasteiger partial charge in [0.15, 0.2) is 0 Å². The minimum absolute atomic E-state index is 0.291. The van der Waals surface area contributed by atoms with Crippen molar-refractivity contribution < 1.29 is 9.90 Å². The molecule has 0 aromatic carbocycles. The minimum atomic E-state index is -0.685. The summed E-state index contributed by atoms with van der Waals surface area (Å²) in [5.74, 6) is -0.664. The van der Waals surface area contributed by atoms with Crippen LogP contribution in [0.2, 0.25) is 0 Å². The van der Waals surface area contributed by atoms with E-state index >= 15 is 0 Å². The number of hydrogen-bond acceptors (Lipinski definition) is 2. The SMILES string of the molecule is CCCCCCCCCCCCCCCC(CN)(CCCCCCCCCCCCCCC)C(=O)O. The third-order valence-corrected chi connectivity index (χ3v) is 8.36. The van der Waals surface area contributed by atoms with Gasteiger partial charge < -0.3 is 10.8 Å². The third-order valence-electron chi connectivity index (χ3n) is 8.36. The van der Waals surface area contributed by atoms with Crippen LogP contribution in [0.15, 0.2) is 0 Å². The topological polar surface area (TPSA) is 63.3 Å². The molecule has 0 aromatic rings. The zero-order valence-electron chi connectivity index (χ0n) is 24.9. The molecule has 0 spiro atoms. The van der Waals surface area contributed by atoms with E-state index in [1.54, 1.807) is 0 Å². The second-order valence-corrected chi connectivity index (χ2v) is 11.8. The molecule has 3 nitrogen and oxygen atoms in total. The van der Waals surface area contributed by atoms with Crippen molar-refractivity contribution in [1.82, 2.24) is 0 Å². The molecule has 0 radical (unpaired) electrons. The molecular formula is C33H67NO2. The fraction of sp³-hybridized carbons (Fsp3) is 0.970. The van der Waals surface area contributed by atoms with Crippen molar-refractivity contribution in [2.75, 3.05) is 6.54 Å². The Kier molecular flexibility index (Phi) is 27.0. The first-order valence-corrected chi connectivity index (χ1v) is 16.6. The predicted octanol–water partition coefficient (Wildman–Crippen LogP) is 11.0. The van der Waals surface area contributed by atoms with Gasteiger partial charge in [-0.05, 0) is 12.8 Å². The van der Waals surface area contributed by atoms with Crippen LogP contribution < -0.4 is 5.73 Å². The molecule has 0 fully saturated rings. The van der Waals surface area contributed by atoms with Gasteiger partial charge in [0.05, 0.1) is 5.41 Å². The maximum absolute atomic E-state index is 12.1. The highest BCUT2D eigenvalue weighted by Gasteiger charge is 2.35. The summed E-state index contributed by atoms with van der Waals surface area (Å²) in [6.07, 6.45) is 35.9. The van der Waals surface area contributed by atoms with Gasteiger partial charge in [0, 0.05) is 6.54 Å². The number of nitrogens with two attached hydrogens (primary N) is 1. The van der Waals surface area contributed by atoms with Crippen molar-refractivity contribution in [1.29, 1.82) is 0 Å². The molecule has 0 aromatic heterocycles. The van der Waals surface area contributed by atoms with Crippen LogP contribution >= 0.6 is 0 Å². The van der Waals surface area contributed by atoms with Crippen LogP contribution in [0.25, 0.3) is 0 Å². The lowest BCUT2D eigenvalue weighted by Crippen LogP contribution is -2.38. The van der Waals surface area contributed by atoms with Crippen LogP contribution in [0.1, 0.15) is 194 Å². The Morgan fingerprint density at radius 3 is 0.889 bits per heavy atom. The molecule has 0 rings (SSSR count). The molecule has 0 aliphatic heterocycles. The Morgan fingerprint density at radius 1 is 0.472 bits per heavy atom. The average Bonchev–Trinajstić information content (AvgIpc) is 2.88. The molecule has 0 aliphatic rings. The highest BCUT2D eigenvalue weighted by molar-refractivity contribution is 5.74. The monoisotopic (exact) mass is 510 g/mol. The molecule has 0 atom stereocenters. The highest BCUT2D eigenvalue weighted by atomic mass is 16.4. The summed E-state index contributed by atoms with van der Waals surface area (Å²) in [4.78, 5) is 12.1. The van der Waals surface area contributed by atoms with Crippen molar-refractivity contribution in [2.24, 2.45) is 11.1 Å². The number of carboxylic acid groups (broad SMARTS) is 1. The molecule has 0 saturated carbocycles. The normalized spacial score (nSPS) is 11.9. The first-order chi connectivity index (χ1) is 17.6. The van der Waals surface area contributed by atoms with Crippen LogP contribution in [-0.4, -0.2) is 17.6 Å². The lowest BCUT2D eigenvalue weighted by molar-refractivity contribution is -0.149. The Bertz CT molecular complexity index is 421. The van der Waals surface area contributed by atoms with E-state index in [0.29, 0.717) is 6.54 Å². The molecular weight excluding hydrogens is 442 g/mol. The summed E-state index contributed by atoms with van der Waals surface area (Å²) >= 11 is 0. The number of carboxylic acids is 1. The maximum Gasteiger partial charge on any atom is 0.310 e. The molecule has 0 amide bonds. The summed E-state index contributed by atoms with van der Waals surface area (Å²) < 4.78 is 0. The third kappa shape index (κ3) is 21.5.